The van der Waals surface area contributed by atoms with Crippen LogP contribution in [0.3, 0.4) is 0 Å². The van der Waals surface area contributed by atoms with E-state index in [1.165, 1.54) is 18.9 Å². The van der Waals surface area contributed by atoms with E-state index in [4.69, 9.17) is 15.5 Å². The maximum atomic E-state index is 12.7. The first-order valence-corrected chi connectivity index (χ1v) is 12.9. The number of carbonyl (C=O) groups is 2. The molecule has 5 rings (SSSR count). The summed E-state index contributed by atoms with van der Waals surface area (Å²) in [7, 11) is 0. The summed E-state index contributed by atoms with van der Waals surface area (Å²) in [5.74, 6) is 0.521. The average Bonchev–Trinajstić information content (AvgIpc) is 3.67. The van der Waals surface area contributed by atoms with Crippen molar-refractivity contribution in [1.29, 1.82) is 0 Å². The standard InChI is InChI=1S/C28H34N6O3/c29-25(36)7-5-13-34-14-15-37-19-24(34)27-22(6-4-12-30-27)28(10-2-1-3-11-28)21(18-35)17-31-26-16-23(32-33-26)20-8-9-20/h1-7,10,12,16,18,20-21,24H,8-9,11,13-15,17,19H2,(H2,29,36)(H2,31,32,33). The van der Waals surface area contributed by atoms with E-state index in [1.54, 1.807) is 12.3 Å². The highest BCUT2D eigenvalue weighted by molar-refractivity contribution is 5.85. The summed E-state index contributed by atoms with van der Waals surface area (Å²) >= 11 is 0. The quantitative estimate of drug-likeness (QED) is 0.319. The van der Waals surface area contributed by atoms with Crippen molar-refractivity contribution >= 4 is 18.0 Å². The van der Waals surface area contributed by atoms with Crippen LogP contribution in [0.4, 0.5) is 5.82 Å². The molecular formula is C28H34N6O3. The first-order valence-electron chi connectivity index (χ1n) is 12.9. The third-order valence-electron chi connectivity index (χ3n) is 7.56. The molecule has 3 heterocycles. The fraction of sp³-hybridized carbons (Fsp3) is 0.429. The fourth-order valence-electron chi connectivity index (χ4n) is 5.40. The number of amides is 1. The molecule has 0 bridgehead atoms. The molecule has 9 heteroatoms. The Balaban J connectivity index is 1.44. The molecule has 1 aliphatic heterocycles. The van der Waals surface area contributed by atoms with Crippen LogP contribution in [0, 0.1) is 5.92 Å². The Morgan fingerprint density at radius 2 is 2.27 bits per heavy atom. The first-order chi connectivity index (χ1) is 18.1. The van der Waals surface area contributed by atoms with Gasteiger partial charge in [0, 0.05) is 54.8 Å². The van der Waals surface area contributed by atoms with Crippen LogP contribution in [0.2, 0.25) is 0 Å². The number of nitrogens with one attached hydrogen (secondary N) is 2. The molecule has 2 fully saturated rings. The normalized spacial score (nSPS) is 24.8. The zero-order valence-corrected chi connectivity index (χ0v) is 20.9. The second-order valence-electron chi connectivity index (χ2n) is 9.96. The van der Waals surface area contributed by atoms with Crippen molar-refractivity contribution in [2.45, 2.75) is 36.6 Å². The zero-order chi connectivity index (χ0) is 25.7. The molecule has 4 N–H and O–H groups in total. The summed E-state index contributed by atoms with van der Waals surface area (Å²) in [5.41, 5.74) is 7.76. The van der Waals surface area contributed by atoms with Crippen molar-refractivity contribution in [1.82, 2.24) is 20.1 Å². The van der Waals surface area contributed by atoms with Gasteiger partial charge in [-0.15, -0.1) is 0 Å². The fourth-order valence-corrected chi connectivity index (χ4v) is 5.40. The highest BCUT2D eigenvalue weighted by atomic mass is 16.5. The van der Waals surface area contributed by atoms with Crippen LogP contribution < -0.4 is 11.1 Å². The maximum absolute atomic E-state index is 12.7. The second-order valence-corrected chi connectivity index (χ2v) is 9.96. The summed E-state index contributed by atoms with van der Waals surface area (Å²) in [6, 6.07) is 5.94. The number of H-pyrrole nitrogens is 1. The van der Waals surface area contributed by atoms with Gasteiger partial charge in [0.25, 0.3) is 0 Å². The number of carbonyl (C=O) groups excluding carboxylic acids is 2. The lowest BCUT2D eigenvalue weighted by atomic mass is 9.65. The summed E-state index contributed by atoms with van der Waals surface area (Å²) in [6.45, 7) is 2.78. The Bertz CT molecular complexity index is 1200. The lowest BCUT2D eigenvalue weighted by Crippen LogP contribution is -2.44. The number of allylic oxidation sites excluding steroid dienone is 4. The van der Waals surface area contributed by atoms with Crippen LogP contribution in [0.5, 0.6) is 0 Å². The molecule has 194 valence electrons. The predicted molar refractivity (Wildman–Crippen MR) is 141 cm³/mol. The molecule has 3 atom stereocenters. The van der Waals surface area contributed by atoms with Crippen molar-refractivity contribution in [2.24, 2.45) is 11.7 Å². The molecule has 37 heavy (non-hydrogen) atoms. The first kappa shape index (κ1) is 25.1. The number of nitrogens with two attached hydrogens (primary N) is 1. The van der Waals surface area contributed by atoms with Crippen LogP contribution in [0.25, 0.3) is 0 Å². The van der Waals surface area contributed by atoms with Crippen LogP contribution in [0.15, 0.2) is 60.9 Å². The molecule has 0 radical (unpaired) electrons. The number of anilines is 1. The number of hydrogen-bond acceptors (Lipinski definition) is 7. The minimum atomic E-state index is -0.575. The van der Waals surface area contributed by atoms with Gasteiger partial charge in [0.2, 0.25) is 5.91 Å². The molecule has 1 saturated carbocycles. The van der Waals surface area contributed by atoms with E-state index in [2.05, 4.69) is 44.7 Å². The Morgan fingerprint density at radius 1 is 1.38 bits per heavy atom. The summed E-state index contributed by atoms with van der Waals surface area (Å²) in [6.07, 6.45) is 17.4. The van der Waals surface area contributed by atoms with Crippen molar-refractivity contribution in [3.05, 3.63) is 77.8 Å². The minimum Gasteiger partial charge on any atom is -0.378 e. The van der Waals surface area contributed by atoms with Gasteiger partial charge in [0.1, 0.15) is 12.1 Å². The highest BCUT2D eigenvalue weighted by Gasteiger charge is 2.42. The van der Waals surface area contributed by atoms with Crippen LogP contribution in [-0.4, -0.2) is 65.1 Å². The number of hydrogen-bond donors (Lipinski definition) is 3. The number of aromatic amines is 1. The van der Waals surface area contributed by atoms with Crippen molar-refractivity contribution in [3.8, 4) is 0 Å². The summed E-state index contributed by atoms with van der Waals surface area (Å²) in [5, 5.41) is 10.9. The lowest BCUT2D eigenvalue weighted by Gasteiger charge is -2.41. The van der Waals surface area contributed by atoms with Gasteiger partial charge in [-0.1, -0.05) is 36.4 Å². The Labute approximate surface area is 216 Å². The second kappa shape index (κ2) is 11.2. The molecule has 1 amide bonds. The van der Waals surface area contributed by atoms with E-state index in [0.29, 0.717) is 45.2 Å². The maximum Gasteiger partial charge on any atom is 0.241 e. The molecule has 9 nitrogen and oxygen atoms in total. The monoisotopic (exact) mass is 502 g/mol. The smallest absolute Gasteiger partial charge is 0.241 e. The zero-order valence-electron chi connectivity index (χ0n) is 20.9. The molecule has 0 aromatic carbocycles. The predicted octanol–water partition coefficient (Wildman–Crippen LogP) is 2.78. The Morgan fingerprint density at radius 3 is 3.03 bits per heavy atom. The highest BCUT2D eigenvalue weighted by Crippen LogP contribution is 2.43. The van der Waals surface area contributed by atoms with E-state index in [-0.39, 0.29) is 12.0 Å². The van der Waals surface area contributed by atoms with E-state index in [0.717, 1.165) is 29.1 Å². The van der Waals surface area contributed by atoms with Gasteiger partial charge in [-0.25, -0.2) is 0 Å². The Kier molecular flexibility index (Phi) is 7.62. The van der Waals surface area contributed by atoms with E-state index < -0.39 is 11.3 Å². The number of pyridine rings is 1. The van der Waals surface area contributed by atoms with Crippen molar-refractivity contribution in [2.75, 3.05) is 38.2 Å². The number of primary amides is 1. The topological polar surface area (TPSA) is 126 Å². The van der Waals surface area contributed by atoms with Crippen LogP contribution in [-0.2, 0) is 19.7 Å². The molecule has 3 aliphatic rings. The van der Waals surface area contributed by atoms with Gasteiger partial charge in [0.15, 0.2) is 0 Å². The number of nitrogens with zero attached hydrogens (tertiary/aromatic N) is 3. The molecule has 3 unspecified atom stereocenters. The lowest BCUT2D eigenvalue weighted by molar-refractivity contribution is -0.114. The van der Waals surface area contributed by atoms with Crippen molar-refractivity contribution < 1.29 is 14.3 Å². The molecular weight excluding hydrogens is 468 g/mol. The third kappa shape index (κ3) is 5.57. The van der Waals surface area contributed by atoms with Crippen LogP contribution >= 0.6 is 0 Å². The number of ether oxygens (including phenoxy) is 1. The minimum absolute atomic E-state index is 0.119. The third-order valence-corrected chi connectivity index (χ3v) is 7.56. The van der Waals surface area contributed by atoms with E-state index >= 15 is 0 Å². The van der Waals surface area contributed by atoms with Gasteiger partial charge >= 0.3 is 0 Å². The molecule has 2 aliphatic carbocycles. The molecule has 2 aromatic rings. The summed E-state index contributed by atoms with van der Waals surface area (Å²) in [4.78, 5) is 30.9. The van der Waals surface area contributed by atoms with Gasteiger partial charge < -0.3 is 20.6 Å². The number of aldehydes is 1. The number of aromatic nitrogens is 3. The van der Waals surface area contributed by atoms with E-state index in [1.807, 2.05) is 18.2 Å². The molecule has 1 saturated heterocycles. The molecule has 2 aromatic heterocycles. The number of morpholine rings is 1. The van der Waals surface area contributed by atoms with Crippen LogP contribution in [0.1, 0.15) is 48.2 Å². The molecule has 0 spiro atoms. The van der Waals surface area contributed by atoms with E-state index in [9.17, 15) is 9.59 Å². The van der Waals surface area contributed by atoms with Gasteiger partial charge in [-0.2, -0.15) is 5.10 Å². The Hall–Kier alpha value is -3.56. The van der Waals surface area contributed by atoms with Gasteiger partial charge in [-0.05, 0) is 37.0 Å². The average molecular weight is 503 g/mol. The SMILES string of the molecule is NC(=O)C=CCN1CCOCC1c1ncccc1C1(C(C=O)CNc2cc(C3CC3)[nH]n2)C=CC=CC1. The van der Waals surface area contributed by atoms with Gasteiger partial charge in [-0.3, -0.25) is 19.8 Å². The van der Waals surface area contributed by atoms with Crippen molar-refractivity contribution in [3.63, 3.8) is 0 Å². The summed E-state index contributed by atoms with van der Waals surface area (Å²) < 4.78 is 5.87. The largest absolute Gasteiger partial charge is 0.378 e. The number of rotatable bonds is 11. The van der Waals surface area contributed by atoms with Gasteiger partial charge in [0.05, 0.1) is 24.9 Å².